The van der Waals surface area contributed by atoms with Crippen LogP contribution in [0.5, 0.6) is 0 Å². The second kappa shape index (κ2) is 8.08. The maximum Gasteiger partial charge on any atom is 0.277 e. The quantitative estimate of drug-likeness (QED) is 0.464. The maximum absolute atomic E-state index is 12.6. The minimum Gasteiger partial charge on any atom is -0.399 e. The molecule has 3 N–H and O–H groups in total. The molecule has 7 nitrogen and oxygen atoms in total. The van der Waals surface area contributed by atoms with E-state index in [0.29, 0.717) is 17.2 Å². The molecule has 0 atom stereocenters. The fourth-order valence-electron chi connectivity index (χ4n) is 1.94. The van der Waals surface area contributed by atoms with E-state index >= 15 is 0 Å². The number of hydrogen-bond acceptors (Lipinski definition) is 6. The topological polar surface area (TPSA) is 112 Å². The van der Waals surface area contributed by atoms with Crippen LogP contribution in [0.4, 0.5) is 17.2 Å². The highest BCUT2D eigenvalue weighted by molar-refractivity contribution is 9.10. The van der Waals surface area contributed by atoms with Gasteiger partial charge in [-0.3, -0.25) is 9.59 Å². The number of pyridine rings is 1. The Morgan fingerprint density at radius 2 is 1.96 bits per heavy atom. The van der Waals surface area contributed by atoms with Gasteiger partial charge in [0, 0.05) is 29.5 Å². The van der Waals surface area contributed by atoms with Crippen LogP contribution in [0.25, 0.3) is 0 Å². The number of nitrogens with zero attached hydrogens (tertiary/aromatic N) is 3. The molecule has 0 fully saturated rings. The summed E-state index contributed by atoms with van der Waals surface area (Å²) < 4.78 is 0.796. The van der Waals surface area contributed by atoms with E-state index in [4.69, 9.17) is 5.73 Å². The number of nitriles is 1. The lowest BCUT2D eigenvalue weighted by molar-refractivity contribution is -0.123. The van der Waals surface area contributed by atoms with Gasteiger partial charge in [0.15, 0.2) is 0 Å². The van der Waals surface area contributed by atoms with Crippen LogP contribution in [0.3, 0.4) is 0 Å². The number of anilines is 3. The number of nitrogen functional groups attached to an aromatic ring is 1. The molecule has 0 saturated carbocycles. The van der Waals surface area contributed by atoms with Crippen LogP contribution < -0.4 is 16.0 Å². The maximum atomic E-state index is 12.6. The van der Waals surface area contributed by atoms with Gasteiger partial charge in [-0.2, -0.15) is 5.26 Å². The zero-order valence-electron chi connectivity index (χ0n) is 13.2. The van der Waals surface area contributed by atoms with Crippen LogP contribution in [0.1, 0.15) is 6.92 Å². The molecule has 0 unspecified atom stereocenters. The fourth-order valence-corrected chi connectivity index (χ4v) is 2.17. The summed E-state index contributed by atoms with van der Waals surface area (Å²) in [6.07, 6.45) is 2.78. The van der Waals surface area contributed by atoms with Crippen molar-refractivity contribution in [3.8, 4) is 6.07 Å². The van der Waals surface area contributed by atoms with Crippen LogP contribution in [-0.4, -0.2) is 16.8 Å². The zero-order valence-corrected chi connectivity index (χ0v) is 14.8. The van der Waals surface area contributed by atoms with E-state index in [-0.39, 0.29) is 5.57 Å². The van der Waals surface area contributed by atoms with E-state index in [1.807, 2.05) is 0 Å². The highest BCUT2D eigenvalue weighted by atomic mass is 79.9. The number of aromatic nitrogens is 1. The van der Waals surface area contributed by atoms with Gasteiger partial charge in [-0.25, -0.2) is 9.88 Å². The van der Waals surface area contributed by atoms with Crippen molar-refractivity contribution in [2.24, 2.45) is 0 Å². The Hall–Kier alpha value is -3.18. The van der Waals surface area contributed by atoms with Crippen molar-refractivity contribution < 1.29 is 9.59 Å². The highest BCUT2D eigenvalue weighted by Crippen LogP contribution is 2.19. The summed E-state index contributed by atoms with van der Waals surface area (Å²) >= 11 is 3.26. The lowest BCUT2D eigenvalue weighted by Crippen LogP contribution is -2.36. The molecule has 0 radical (unpaired) electrons. The van der Waals surface area contributed by atoms with Crippen LogP contribution in [0.2, 0.25) is 0 Å². The summed E-state index contributed by atoms with van der Waals surface area (Å²) in [5, 5.41) is 12.0. The number of halogens is 1. The average Bonchev–Trinajstić information content (AvgIpc) is 2.58. The molecule has 0 spiro atoms. The molecular formula is C17H14BrN5O2. The second-order valence-corrected chi connectivity index (χ2v) is 5.84. The molecule has 1 aromatic carbocycles. The summed E-state index contributed by atoms with van der Waals surface area (Å²) in [7, 11) is 0. The summed E-state index contributed by atoms with van der Waals surface area (Å²) in [4.78, 5) is 29.5. The Bertz CT molecular complexity index is 854. The average molecular weight is 400 g/mol. The van der Waals surface area contributed by atoms with E-state index in [1.54, 1.807) is 36.5 Å². The first-order valence-corrected chi connectivity index (χ1v) is 7.90. The normalized spacial score (nSPS) is 10.7. The van der Waals surface area contributed by atoms with Gasteiger partial charge in [0.2, 0.25) is 5.91 Å². The third-order valence-corrected chi connectivity index (χ3v) is 3.58. The Morgan fingerprint density at radius 3 is 2.48 bits per heavy atom. The SMILES string of the molecule is CC(=O)N(C(=O)/C(C#N)=C\Nc1ccc(Br)cn1)c1ccc(N)cc1. The van der Waals surface area contributed by atoms with Crippen molar-refractivity contribution in [3.05, 3.63) is 58.8 Å². The Morgan fingerprint density at radius 1 is 1.28 bits per heavy atom. The lowest BCUT2D eigenvalue weighted by atomic mass is 10.2. The van der Waals surface area contributed by atoms with Crippen LogP contribution in [0, 0.1) is 11.3 Å². The number of carbonyl (C=O) groups excluding carboxylic acids is 2. The van der Waals surface area contributed by atoms with Gasteiger partial charge in [0.25, 0.3) is 5.91 Å². The van der Waals surface area contributed by atoms with E-state index < -0.39 is 11.8 Å². The molecule has 1 heterocycles. The predicted octanol–water partition coefficient (Wildman–Crippen LogP) is 2.83. The molecule has 0 aliphatic heterocycles. The van der Waals surface area contributed by atoms with Gasteiger partial charge in [-0.1, -0.05) is 0 Å². The van der Waals surface area contributed by atoms with Crippen LogP contribution in [0.15, 0.2) is 58.8 Å². The summed E-state index contributed by atoms with van der Waals surface area (Å²) in [5.74, 6) is -0.812. The molecule has 0 aliphatic carbocycles. The van der Waals surface area contributed by atoms with E-state index in [9.17, 15) is 14.9 Å². The van der Waals surface area contributed by atoms with Gasteiger partial charge in [0.1, 0.15) is 17.5 Å². The minimum absolute atomic E-state index is 0.239. The van der Waals surface area contributed by atoms with Gasteiger partial charge in [-0.15, -0.1) is 0 Å². The molecule has 1 aromatic heterocycles. The van der Waals surface area contributed by atoms with E-state index in [2.05, 4.69) is 26.2 Å². The third kappa shape index (κ3) is 4.65. The molecule has 126 valence electrons. The molecule has 0 bridgehead atoms. The fraction of sp³-hybridized carbons (Fsp3) is 0.0588. The number of nitrogens with one attached hydrogen (secondary N) is 1. The number of imide groups is 1. The van der Waals surface area contributed by atoms with Crippen molar-refractivity contribution >= 4 is 44.9 Å². The smallest absolute Gasteiger partial charge is 0.277 e. The Kier molecular flexibility index (Phi) is 5.87. The largest absolute Gasteiger partial charge is 0.399 e. The number of amides is 2. The van der Waals surface area contributed by atoms with E-state index in [1.165, 1.54) is 25.3 Å². The highest BCUT2D eigenvalue weighted by Gasteiger charge is 2.23. The van der Waals surface area contributed by atoms with E-state index in [0.717, 1.165) is 9.37 Å². The first-order valence-electron chi connectivity index (χ1n) is 7.11. The van der Waals surface area contributed by atoms with Crippen molar-refractivity contribution in [2.45, 2.75) is 6.92 Å². The van der Waals surface area contributed by atoms with Gasteiger partial charge in [0.05, 0.1) is 5.69 Å². The molecular weight excluding hydrogens is 386 g/mol. The van der Waals surface area contributed by atoms with Gasteiger partial charge >= 0.3 is 0 Å². The molecule has 2 amide bonds. The molecule has 8 heteroatoms. The molecule has 0 saturated heterocycles. The first-order chi connectivity index (χ1) is 11.9. The lowest BCUT2D eigenvalue weighted by Gasteiger charge is -2.19. The molecule has 2 aromatic rings. The van der Waals surface area contributed by atoms with Gasteiger partial charge < -0.3 is 11.1 Å². The number of benzene rings is 1. The van der Waals surface area contributed by atoms with Gasteiger partial charge in [-0.05, 0) is 52.3 Å². The monoisotopic (exact) mass is 399 g/mol. The summed E-state index contributed by atoms with van der Waals surface area (Å²) in [6, 6.07) is 11.4. The van der Waals surface area contributed by atoms with Crippen molar-refractivity contribution in [1.82, 2.24) is 4.98 Å². The summed E-state index contributed by atoms with van der Waals surface area (Å²) in [5.41, 5.74) is 6.20. The molecule has 25 heavy (non-hydrogen) atoms. The number of carbonyl (C=O) groups is 2. The Balaban J connectivity index is 2.27. The first kappa shape index (κ1) is 18.2. The zero-order chi connectivity index (χ0) is 18.4. The number of rotatable bonds is 4. The third-order valence-electron chi connectivity index (χ3n) is 3.11. The second-order valence-electron chi connectivity index (χ2n) is 4.93. The minimum atomic E-state index is -0.746. The molecule has 2 rings (SSSR count). The number of hydrogen-bond donors (Lipinski definition) is 2. The standard InChI is InChI=1S/C17H14BrN5O2/c1-11(24)23(15-5-3-14(20)4-6-15)17(25)12(8-19)9-21-16-7-2-13(18)10-22-16/h2-7,9-10H,20H2,1H3,(H,21,22)/b12-9-. The van der Waals surface area contributed by atoms with Crippen molar-refractivity contribution in [2.75, 3.05) is 16.0 Å². The predicted molar refractivity (Wildman–Crippen MR) is 98.3 cm³/mol. The van der Waals surface area contributed by atoms with Crippen LogP contribution >= 0.6 is 15.9 Å². The Labute approximate surface area is 152 Å². The number of nitrogens with two attached hydrogens (primary N) is 1. The summed E-state index contributed by atoms with van der Waals surface area (Å²) in [6.45, 7) is 1.24. The van der Waals surface area contributed by atoms with Crippen molar-refractivity contribution in [3.63, 3.8) is 0 Å². The molecule has 0 aliphatic rings. The van der Waals surface area contributed by atoms with Crippen molar-refractivity contribution in [1.29, 1.82) is 5.26 Å². The van der Waals surface area contributed by atoms with Crippen LogP contribution in [-0.2, 0) is 9.59 Å².